The van der Waals surface area contributed by atoms with Crippen LogP contribution in [0.1, 0.15) is 17.5 Å². The Hall–Kier alpha value is -2.08. The molecule has 2 aliphatic heterocycles. The first kappa shape index (κ1) is 15.8. The van der Waals surface area contributed by atoms with Gasteiger partial charge in [-0.3, -0.25) is 9.69 Å². The van der Waals surface area contributed by atoms with Gasteiger partial charge in [-0.1, -0.05) is 29.8 Å². The van der Waals surface area contributed by atoms with Crippen LogP contribution >= 0.6 is 0 Å². The zero-order valence-electron chi connectivity index (χ0n) is 13.5. The second kappa shape index (κ2) is 7.00. The van der Waals surface area contributed by atoms with E-state index in [0.29, 0.717) is 6.54 Å². The second-order valence-electron chi connectivity index (χ2n) is 6.35. The highest BCUT2D eigenvalue weighted by atomic mass is 16.2. The summed E-state index contributed by atoms with van der Waals surface area (Å²) >= 11 is 0. The first-order valence-corrected chi connectivity index (χ1v) is 8.23. The Bertz CT molecular complexity index is 572. The molecule has 3 amide bonds. The minimum absolute atomic E-state index is 0.0283. The molecule has 2 heterocycles. The van der Waals surface area contributed by atoms with Gasteiger partial charge in [0.2, 0.25) is 5.91 Å². The number of carbonyl (C=O) groups excluding carboxylic acids is 2. The highest BCUT2D eigenvalue weighted by molar-refractivity contribution is 5.90. The molecular weight excluding hydrogens is 292 g/mol. The summed E-state index contributed by atoms with van der Waals surface area (Å²) in [5.41, 5.74) is 2.58. The lowest BCUT2D eigenvalue weighted by Gasteiger charge is -2.24. The van der Waals surface area contributed by atoms with E-state index in [2.05, 4.69) is 46.7 Å². The fraction of sp³-hybridized carbons (Fsp3) is 0.529. The number of benzene rings is 1. The monoisotopic (exact) mass is 316 g/mol. The van der Waals surface area contributed by atoms with Gasteiger partial charge in [-0.2, -0.15) is 0 Å². The van der Waals surface area contributed by atoms with E-state index in [4.69, 9.17) is 0 Å². The number of hydrogen-bond acceptors (Lipinski definition) is 3. The Morgan fingerprint density at radius 3 is 2.65 bits per heavy atom. The molecule has 0 aliphatic carbocycles. The van der Waals surface area contributed by atoms with Crippen LogP contribution in [-0.4, -0.2) is 60.5 Å². The molecule has 0 spiro atoms. The second-order valence-corrected chi connectivity index (χ2v) is 6.35. The van der Waals surface area contributed by atoms with Crippen LogP contribution < -0.4 is 10.6 Å². The van der Waals surface area contributed by atoms with Crippen LogP contribution in [0.15, 0.2) is 24.3 Å². The standard InChI is InChI=1S/C17H24N4O2/c1-13-3-5-14(6-4-13)12-20-7-2-8-21(10-9-20)16(22)15-11-18-17(23)19-15/h3-6,15H,2,7-12H2,1H3,(H2,18,19,23)/t15-/m0/s1. The molecule has 0 bridgehead atoms. The summed E-state index contributed by atoms with van der Waals surface area (Å²) in [4.78, 5) is 27.9. The van der Waals surface area contributed by atoms with Crippen LogP contribution in [0.4, 0.5) is 4.79 Å². The number of amides is 3. The van der Waals surface area contributed by atoms with Crippen LogP contribution in [0.2, 0.25) is 0 Å². The minimum atomic E-state index is -0.411. The van der Waals surface area contributed by atoms with Gasteiger partial charge in [-0.15, -0.1) is 0 Å². The van der Waals surface area contributed by atoms with Crippen molar-refractivity contribution >= 4 is 11.9 Å². The van der Waals surface area contributed by atoms with E-state index in [1.54, 1.807) is 0 Å². The van der Waals surface area contributed by atoms with Crippen molar-refractivity contribution < 1.29 is 9.59 Å². The van der Waals surface area contributed by atoms with E-state index in [1.165, 1.54) is 11.1 Å². The molecule has 2 N–H and O–H groups in total. The van der Waals surface area contributed by atoms with Gasteiger partial charge >= 0.3 is 6.03 Å². The van der Waals surface area contributed by atoms with Gasteiger partial charge in [-0.05, 0) is 18.9 Å². The number of urea groups is 1. The molecule has 0 saturated carbocycles. The van der Waals surface area contributed by atoms with E-state index in [1.807, 2.05) is 4.90 Å². The Morgan fingerprint density at radius 1 is 1.17 bits per heavy atom. The first-order valence-electron chi connectivity index (χ1n) is 8.23. The maximum absolute atomic E-state index is 12.5. The van der Waals surface area contributed by atoms with Crippen molar-refractivity contribution in [1.29, 1.82) is 0 Å². The SMILES string of the molecule is Cc1ccc(CN2CCCN(C(=O)[C@@H]3CNC(=O)N3)CC2)cc1. The topological polar surface area (TPSA) is 64.7 Å². The normalized spacial score (nSPS) is 22.4. The average molecular weight is 316 g/mol. The Morgan fingerprint density at radius 2 is 1.96 bits per heavy atom. The van der Waals surface area contributed by atoms with Crippen molar-refractivity contribution in [2.75, 3.05) is 32.7 Å². The lowest BCUT2D eigenvalue weighted by atomic mass is 10.1. The quantitative estimate of drug-likeness (QED) is 0.863. The van der Waals surface area contributed by atoms with Gasteiger partial charge in [0.1, 0.15) is 6.04 Å². The number of nitrogens with zero attached hydrogens (tertiary/aromatic N) is 2. The van der Waals surface area contributed by atoms with Gasteiger partial charge in [0.25, 0.3) is 0 Å². The zero-order chi connectivity index (χ0) is 16.2. The third kappa shape index (κ3) is 4.01. The van der Waals surface area contributed by atoms with Crippen molar-refractivity contribution in [3.63, 3.8) is 0 Å². The zero-order valence-corrected chi connectivity index (χ0v) is 13.5. The van der Waals surface area contributed by atoms with E-state index >= 15 is 0 Å². The minimum Gasteiger partial charge on any atom is -0.340 e. The maximum atomic E-state index is 12.5. The van der Waals surface area contributed by atoms with E-state index in [9.17, 15) is 9.59 Å². The summed E-state index contributed by atoms with van der Waals surface area (Å²) in [6.45, 7) is 6.74. The molecule has 23 heavy (non-hydrogen) atoms. The summed E-state index contributed by atoms with van der Waals surface area (Å²) < 4.78 is 0. The van der Waals surface area contributed by atoms with Gasteiger partial charge < -0.3 is 15.5 Å². The highest BCUT2D eigenvalue weighted by Crippen LogP contribution is 2.11. The summed E-state index contributed by atoms with van der Waals surface area (Å²) in [5, 5.41) is 5.32. The van der Waals surface area contributed by atoms with Crippen molar-refractivity contribution in [3.8, 4) is 0 Å². The summed E-state index contributed by atoms with van der Waals surface area (Å²) in [5.74, 6) is 0.0283. The molecule has 0 unspecified atom stereocenters. The van der Waals surface area contributed by atoms with E-state index < -0.39 is 6.04 Å². The van der Waals surface area contributed by atoms with Crippen LogP contribution in [0.5, 0.6) is 0 Å². The lowest BCUT2D eigenvalue weighted by Crippen LogP contribution is -2.46. The van der Waals surface area contributed by atoms with Crippen LogP contribution in [-0.2, 0) is 11.3 Å². The number of hydrogen-bond donors (Lipinski definition) is 2. The van der Waals surface area contributed by atoms with Gasteiger partial charge in [0, 0.05) is 39.3 Å². The molecule has 1 atom stereocenters. The molecular formula is C17H24N4O2. The summed E-state index contributed by atoms with van der Waals surface area (Å²) in [6.07, 6.45) is 0.964. The lowest BCUT2D eigenvalue weighted by molar-refractivity contribution is -0.132. The third-order valence-corrected chi connectivity index (χ3v) is 4.50. The summed E-state index contributed by atoms with van der Waals surface area (Å²) in [6, 6.07) is 7.95. The highest BCUT2D eigenvalue weighted by Gasteiger charge is 2.31. The molecule has 2 aliphatic rings. The fourth-order valence-corrected chi connectivity index (χ4v) is 3.13. The third-order valence-electron chi connectivity index (χ3n) is 4.50. The first-order chi connectivity index (χ1) is 11.1. The molecule has 6 nitrogen and oxygen atoms in total. The average Bonchev–Trinajstić information content (AvgIpc) is 2.84. The van der Waals surface area contributed by atoms with Crippen molar-refractivity contribution in [3.05, 3.63) is 35.4 Å². The van der Waals surface area contributed by atoms with Crippen LogP contribution in [0.25, 0.3) is 0 Å². The molecule has 6 heteroatoms. The Balaban J connectivity index is 1.53. The molecule has 124 valence electrons. The van der Waals surface area contributed by atoms with Crippen LogP contribution in [0, 0.1) is 6.92 Å². The molecule has 0 radical (unpaired) electrons. The largest absolute Gasteiger partial charge is 0.340 e. The molecule has 1 aromatic carbocycles. The maximum Gasteiger partial charge on any atom is 0.315 e. The predicted molar refractivity (Wildman–Crippen MR) is 88.0 cm³/mol. The van der Waals surface area contributed by atoms with Gasteiger partial charge in [0.05, 0.1) is 0 Å². The van der Waals surface area contributed by atoms with Crippen molar-refractivity contribution in [1.82, 2.24) is 20.4 Å². The number of nitrogens with one attached hydrogen (secondary N) is 2. The molecule has 2 fully saturated rings. The number of rotatable bonds is 3. The number of carbonyl (C=O) groups is 2. The number of aryl methyl sites for hydroxylation is 1. The van der Waals surface area contributed by atoms with E-state index in [-0.39, 0.29) is 11.9 Å². The van der Waals surface area contributed by atoms with Gasteiger partial charge in [0.15, 0.2) is 0 Å². The van der Waals surface area contributed by atoms with E-state index in [0.717, 1.165) is 39.1 Å². The Kier molecular flexibility index (Phi) is 4.81. The van der Waals surface area contributed by atoms with Crippen LogP contribution in [0.3, 0.4) is 0 Å². The fourth-order valence-electron chi connectivity index (χ4n) is 3.13. The van der Waals surface area contributed by atoms with Gasteiger partial charge in [-0.25, -0.2) is 4.79 Å². The molecule has 0 aromatic heterocycles. The van der Waals surface area contributed by atoms with Crippen molar-refractivity contribution in [2.24, 2.45) is 0 Å². The van der Waals surface area contributed by atoms with Crippen molar-refractivity contribution in [2.45, 2.75) is 25.9 Å². The predicted octanol–water partition coefficient (Wildman–Crippen LogP) is 0.711. The molecule has 3 rings (SSSR count). The Labute approximate surface area is 136 Å². The molecule has 2 saturated heterocycles. The summed E-state index contributed by atoms with van der Waals surface area (Å²) in [7, 11) is 0. The smallest absolute Gasteiger partial charge is 0.315 e. The molecule has 1 aromatic rings.